The number of benzene rings is 1. The van der Waals surface area contributed by atoms with Crippen molar-refractivity contribution in [1.82, 2.24) is 0 Å². The van der Waals surface area contributed by atoms with Gasteiger partial charge in [0.05, 0.1) is 12.5 Å². The predicted octanol–water partition coefficient (Wildman–Crippen LogP) is 5.94. The number of ether oxygens (including phenoxy) is 1. The van der Waals surface area contributed by atoms with Crippen LogP contribution in [0.25, 0.3) is 0 Å². The lowest BCUT2D eigenvalue weighted by atomic mass is 9.47. The lowest BCUT2D eigenvalue weighted by Crippen LogP contribution is -2.53. The number of methoxy groups -OCH3 is 1. The molecule has 0 aromatic heterocycles. The van der Waals surface area contributed by atoms with E-state index in [-0.39, 0.29) is 11.4 Å². The normalized spacial score (nSPS) is 40.9. The first kappa shape index (κ1) is 18.5. The Morgan fingerprint density at radius 1 is 1.25 bits per heavy atom. The third-order valence-corrected chi connectivity index (χ3v) is 8.96. The zero-order chi connectivity index (χ0) is 19.8. The Balaban J connectivity index is 1.67. The van der Waals surface area contributed by atoms with Gasteiger partial charge in [-0.15, -0.1) is 0 Å². The molecule has 1 aromatic carbocycles. The smallest absolute Gasteiger partial charge is 0.315 e. The molecule has 1 fully saturated rings. The van der Waals surface area contributed by atoms with E-state index in [2.05, 4.69) is 38.2 Å². The van der Waals surface area contributed by atoms with E-state index in [1.54, 1.807) is 5.57 Å². The molecule has 0 saturated heterocycles. The molecular weight excluding hydrogens is 370 g/mol. The molecular formula is C24H30ClNO2. The van der Waals surface area contributed by atoms with Crippen LogP contribution >= 0.6 is 11.6 Å². The molecule has 4 heteroatoms. The van der Waals surface area contributed by atoms with Gasteiger partial charge in [-0.25, -0.2) is 0 Å². The van der Waals surface area contributed by atoms with Crippen molar-refractivity contribution in [2.24, 2.45) is 22.7 Å². The molecule has 0 radical (unpaired) electrons. The van der Waals surface area contributed by atoms with Crippen LogP contribution in [0.2, 0.25) is 5.02 Å². The third-order valence-electron chi connectivity index (χ3n) is 8.73. The molecule has 28 heavy (non-hydrogen) atoms. The first-order valence-electron chi connectivity index (χ1n) is 10.7. The molecule has 5 rings (SSSR count). The number of hydrogen-bond acceptors (Lipinski definition) is 3. The second-order valence-corrected chi connectivity index (χ2v) is 10.4. The van der Waals surface area contributed by atoms with Crippen LogP contribution in [0, 0.1) is 22.7 Å². The minimum atomic E-state index is -0.455. The van der Waals surface area contributed by atoms with E-state index in [9.17, 15) is 4.79 Å². The van der Waals surface area contributed by atoms with Crippen LogP contribution in [0.3, 0.4) is 0 Å². The first-order chi connectivity index (χ1) is 13.3. The average molecular weight is 400 g/mol. The number of rotatable bonds is 1. The van der Waals surface area contributed by atoms with Gasteiger partial charge in [-0.05, 0) is 74.1 Å². The zero-order valence-corrected chi connectivity index (χ0v) is 18.0. The molecule has 0 unspecified atom stereocenters. The van der Waals surface area contributed by atoms with Gasteiger partial charge in [-0.1, -0.05) is 36.6 Å². The summed E-state index contributed by atoms with van der Waals surface area (Å²) in [5.41, 5.74) is 5.30. The molecule has 150 valence electrons. The maximum absolute atomic E-state index is 12.8. The topological polar surface area (TPSA) is 38.3 Å². The Bertz CT molecular complexity index is 893. The van der Waals surface area contributed by atoms with Gasteiger partial charge in [-0.2, -0.15) is 0 Å². The second-order valence-electron chi connectivity index (χ2n) is 9.93. The Kier molecular flexibility index (Phi) is 3.98. The summed E-state index contributed by atoms with van der Waals surface area (Å²) >= 11 is 6.36. The van der Waals surface area contributed by atoms with Crippen molar-refractivity contribution in [3.8, 4) is 0 Å². The SMILES string of the molecule is COC(=O)[C@@]1(C)CC[C@@H]2C3=C1CC[C@@H](C)[C@]3(C)C[C@@H]1c3cc(Cl)ccc3N[C@H]21. The van der Waals surface area contributed by atoms with Crippen molar-refractivity contribution in [2.75, 3.05) is 12.4 Å². The Labute approximate surface area is 172 Å². The van der Waals surface area contributed by atoms with E-state index in [0.29, 0.717) is 23.8 Å². The maximum Gasteiger partial charge on any atom is 0.315 e. The number of hydrogen-bond donors (Lipinski definition) is 1. The molecule has 1 heterocycles. The van der Waals surface area contributed by atoms with Crippen molar-refractivity contribution >= 4 is 23.3 Å². The van der Waals surface area contributed by atoms with Gasteiger partial charge >= 0.3 is 5.97 Å². The fourth-order valence-electron chi connectivity index (χ4n) is 7.03. The Morgan fingerprint density at radius 2 is 2.04 bits per heavy atom. The van der Waals surface area contributed by atoms with Crippen LogP contribution in [-0.2, 0) is 9.53 Å². The summed E-state index contributed by atoms with van der Waals surface area (Å²) in [6.07, 6.45) is 5.25. The van der Waals surface area contributed by atoms with E-state index in [1.807, 2.05) is 6.07 Å². The molecule has 0 amide bonds. The molecule has 3 nitrogen and oxygen atoms in total. The lowest BCUT2D eigenvalue weighted by Gasteiger charge is -2.58. The summed E-state index contributed by atoms with van der Waals surface area (Å²) in [5.74, 6) is 1.56. The number of esters is 1. The fourth-order valence-corrected chi connectivity index (χ4v) is 7.21. The van der Waals surface area contributed by atoms with Gasteiger partial charge in [0.1, 0.15) is 0 Å². The number of nitrogens with one attached hydrogen (secondary N) is 1. The number of anilines is 1. The number of halogens is 1. The predicted molar refractivity (Wildman–Crippen MR) is 113 cm³/mol. The quantitative estimate of drug-likeness (QED) is 0.468. The highest BCUT2D eigenvalue weighted by Crippen LogP contribution is 2.66. The lowest BCUT2D eigenvalue weighted by molar-refractivity contribution is -0.151. The van der Waals surface area contributed by atoms with Crippen molar-refractivity contribution in [3.63, 3.8) is 0 Å². The van der Waals surface area contributed by atoms with Gasteiger partial charge in [-0.3, -0.25) is 4.79 Å². The van der Waals surface area contributed by atoms with Crippen molar-refractivity contribution in [3.05, 3.63) is 39.9 Å². The van der Waals surface area contributed by atoms with Crippen LogP contribution in [0.4, 0.5) is 5.69 Å². The monoisotopic (exact) mass is 399 g/mol. The van der Waals surface area contributed by atoms with E-state index in [4.69, 9.17) is 16.3 Å². The third kappa shape index (κ3) is 2.26. The highest BCUT2D eigenvalue weighted by molar-refractivity contribution is 6.30. The van der Waals surface area contributed by atoms with Gasteiger partial charge in [0.25, 0.3) is 0 Å². The van der Waals surface area contributed by atoms with E-state index in [1.165, 1.54) is 23.9 Å². The first-order valence-corrected chi connectivity index (χ1v) is 11.1. The Hall–Kier alpha value is -1.48. The highest BCUT2D eigenvalue weighted by atomic mass is 35.5. The molecule has 1 aliphatic heterocycles. The largest absolute Gasteiger partial charge is 0.468 e. The molecule has 6 atom stereocenters. The number of fused-ring (bicyclic) bond motifs is 4. The summed E-state index contributed by atoms with van der Waals surface area (Å²) in [5, 5.41) is 4.67. The van der Waals surface area contributed by atoms with Crippen LogP contribution in [0.15, 0.2) is 29.3 Å². The summed E-state index contributed by atoms with van der Waals surface area (Å²) in [7, 11) is 1.53. The fraction of sp³-hybridized carbons (Fsp3) is 0.625. The van der Waals surface area contributed by atoms with Gasteiger partial charge in [0.2, 0.25) is 0 Å². The molecule has 1 saturated carbocycles. The molecule has 3 aliphatic carbocycles. The van der Waals surface area contributed by atoms with Crippen molar-refractivity contribution < 1.29 is 9.53 Å². The Morgan fingerprint density at radius 3 is 2.79 bits per heavy atom. The summed E-state index contributed by atoms with van der Waals surface area (Å²) in [6, 6.07) is 6.71. The second kappa shape index (κ2) is 6.01. The molecule has 4 aliphatic rings. The van der Waals surface area contributed by atoms with Gasteiger partial charge in [0, 0.05) is 28.6 Å². The van der Waals surface area contributed by atoms with Crippen molar-refractivity contribution in [1.29, 1.82) is 0 Å². The molecule has 1 aromatic rings. The van der Waals surface area contributed by atoms with Crippen LogP contribution in [-0.4, -0.2) is 19.1 Å². The van der Waals surface area contributed by atoms with Gasteiger partial charge in [0.15, 0.2) is 0 Å². The van der Waals surface area contributed by atoms with E-state index >= 15 is 0 Å². The average Bonchev–Trinajstić information content (AvgIpc) is 3.03. The van der Waals surface area contributed by atoms with E-state index < -0.39 is 5.41 Å². The zero-order valence-electron chi connectivity index (χ0n) is 17.3. The summed E-state index contributed by atoms with van der Waals surface area (Å²) in [6.45, 7) is 6.99. The summed E-state index contributed by atoms with van der Waals surface area (Å²) in [4.78, 5) is 12.8. The maximum atomic E-state index is 12.8. The number of carbonyl (C=O) groups is 1. The minimum absolute atomic E-state index is 0.0538. The summed E-state index contributed by atoms with van der Waals surface area (Å²) < 4.78 is 5.27. The van der Waals surface area contributed by atoms with Crippen LogP contribution < -0.4 is 5.32 Å². The van der Waals surface area contributed by atoms with E-state index in [0.717, 1.165) is 37.1 Å². The standard InChI is InChI=1S/C24H30ClNO2/c1-13-5-7-18-20-15(9-10-23(18,2)22(27)28-4)21-17(12-24(13,20)3)16-11-14(25)6-8-19(16)26-21/h6,8,11,13,15,17,21,26H,5,7,9-10,12H2,1-4H3/t13-,15-,17-,21-,23+,24+/m1/s1. The molecule has 0 bridgehead atoms. The van der Waals surface area contributed by atoms with Gasteiger partial charge < -0.3 is 10.1 Å². The highest BCUT2D eigenvalue weighted by Gasteiger charge is 2.59. The van der Waals surface area contributed by atoms with Crippen LogP contribution in [0.1, 0.15) is 64.4 Å². The van der Waals surface area contributed by atoms with Crippen molar-refractivity contribution in [2.45, 2.75) is 64.8 Å². The molecule has 0 spiro atoms. The molecule has 1 N–H and O–H groups in total. The van der Waals surface area contributed by atoms with Crippen LogP contribution in [0.5, 0.6) is 0 Å². The number of carbonyl (C=O) groups excluding carboxylic acids is 1. The minimum Gasteiger partial charge on any atom is -0.468 e.